The summed E-state index contributed by atoms with van der Waals surface area (Å²) in [4.78, 5) is 34.3. The predicted octanol–water partition coefficient (Wildman–Crippen LogP) is 6.30. The standard InChI is InChI=1S/C27H18Cl2N2O4/c28-16-11-12-19(20(29)15-16)21-13-14-22(34-21)24-23-25(35-31(24)18-9-5-2-6-10-18)27(33)30(26(23)32)17-7-3-1-4-8-17/h1-15,23-25H/t23-,24-,25+/m0/s1. The van der Waals surface area contributed by atoms with E-state index in [1.165, 1.54) is 4.90 Å². The van der Waals surface area contributed by atoms with Gasteiger partial charge in [0.1, 0.15) is 23.5 Å². The lowest BCUT2D eigenvalue weighted by Gasteiger charge is -2.27. The van der Waals surface area contributed by atoms with Crippen LogP contribution in [0.4, 0.5) is 11.4 Å². The van der Waals surface area contributed by atoms with E-state index in [9.17, 15) is 9.59 Å². The maximum atomic E-state index is 13.6. The second-order valence-corrected chi connectivity index (χ2v) is 9.18. The van der Waals surface area contributed by atoms with Gasteiger partial charge in [-0.25, -0.2) is 9.96 Å². The largest absolute Gasteiger partial charge is 0.459 e. The summed E-state index contributed by atoms with van der Waals surface area (Å²) in [6.45, 7) is 0. The number of hydrogen-bond acceptors (Lipinski definition) is 5. The Hall–Kier alpha value is -3.58. The minimum Gasteiger partial charge on any atom is -0.459 e. The van der Waals surface area contributed by atoms with E-state index in [4.69, 9.17) is 32.5 Å². The summed E-state index contributed by atoms with van der Waals surface area (Å²) in [5, 5.41) is 2.56. The van der Waals surface area contributed by atoms with Crippen molar-refractivity contribution in [1.82, 2.24) is 0 Å². The van der Waals surface area contributed by atoms with Crippen LogP contribution < -0.4 is 9.96 Å². The lowest BCUT2D eigenvalue weighted by atomic mass is 9.94. The predicted molar refractivity (Wildman–Crippen MR) is 133 cm³/mol. The SMILES string of the molecule is O=C1[C@@H]2[C@@H](ON(c3ccccc3)[C@H]2c2ccc(-c3ccc(Cl)cc3Cl)o2)C(=O)N1c1ccccc1. The van der Waals surface area contributed by atoms with Crippen LogP contribution in [0.1, 0.15) is 11.8 Å². The Balaban J connectivity index is 1.43. The van der Waals surface area contributed by atoms with Gasteiger partial charge in [-0.3, -0.25) is 14.4 Å². The lowest BCUT2D eigenvalue weighted by molar-refractivity contribution is -0.126. The van der Waals surface area contributed by atoms with Gasteiger partial charge >= 0.3 is 0 Å². The van der Waals surface area contributed by atoms with Crippen molar-refractivity contribution in [3.8, 4) is 11.3 Å². The fourth-order valence-electron chi connectivity index (χ4n) is 4.68. The second kappa shape index (κ2) is 8.57. The molecule has 0 saturated carbocycles. The highest BCUT2D eigenvalue weighted by Crippen LogP contribution is 2.48. The van der Waals surface area contributed by atoms with Crippen molar-refractivity contribution in [2.24, 2.45) is 5.92 Å². The van der Waals surface area contributed by atoms with Crippen LogP contribution in [0.3, 0.4) is 0 Å². The molecule has 6 rings (SSSR count). The molecule has 3 heterocycles. The summed E-state index contributed by atoms with van der Waals surface area (Å²) in [5.41, 5.74) is 1.89. The molecular weight excluding hydrogens is 487 g/mol. The molecule has 8 heteroatoms. The van der Waals surface area contributed by atoms with E-state index in [1.807, 2.05) is 36.4 Å². The van der Waals surface area contributed by atoms with Gasteiger partial charge in [0.05, 0.1) is 16.4 Å². The monoisotopic (exact) mass is 504 g/mol. The Morgan fingerprint density at radius 3 is 2.11 bits per heavy atom. The van der Waals surface area contributed by atoms with Gasteiger partial charge in [-0.2, -0.15) is 0 Å². The zero-order valence-electron chi connectivity index (χ0n) is 18.2. The molecule has 0 radical (unpaired) electrons. The van der Waals surface area contributed by atoms with E-state index in [1.54, 1.807) is 59.7 Å². The summed E-state index contributed by atoms with van der Waals surface area (Å²) in [6, 6.07) is 26.3. The van der Waals surface area contributed by atoms with Crippen LogP contribution in [0.15, 0.2) is 95.4 Å². The van der Waals surface area contributed by atoms with Crippen LogP contribution in [0.25, 0.3) is 11.3 Å². The molecule has 0 N–H and O–H groups in total. The van der Waals surface area contributed by atoms with E-state index in [-0.39, 0.29) is 5.91 Å². The quantitative estimate of drug-likeness (QED) is 0.305. The Morgan fingerprint density at radius 1 is 0.743 bits per heavy atom. The number of hydrogen-bond donors (Lipinski definition) is 0. The normalized spacial score (nSPS) is 21.6. The first-order valence-corrected chi connectivity index (χ1v) is 11.8. The molecule has 174 valence electrons. The van der Waals surface area contributed by atoms with Crippen LogP contribution in [0.2, 0.25) is 10.0 Å². The average Bonchev–Trinajstić information content (AvgIpc) is 3.55. The Bertz CT molecular complexity index is 1420. The Kier molecular flexibility index (Phi) is 5.37. The van der Waals surface area contributed by atoms with E-state index in [2.05, 4.69) is 0 Å². The number of imide groups is 1. The van der Waals surface area contributed by atoms with Crippen molar-refractivity contribution < 1.29 is 18.8 Å². The summed E-state index contributed by atoms with van der Waals surface area (Å²) >= 11 is 12.4. The molecule has 2 amide bonds. The van der Waals surface area contributed by atoms with Gasteiger partial charge in [0, 0.05) is 10.6 Å². The fraction of sp³-hybridized carbons (Fsp3) is 0.111. The minimum atomic E-state index is -0.972. The van der Waals surface area contributed by atoms with E-state index < -0.39 is 24.0 Å². The van der Waals surface area contributed by atoms with Gasteiger partial charge < -0.3 is 4.42 Å². The summed E-state index contributed by atoms with van der Waals surface area (Å²) in [6.07, 6.45) is -0.972. The first-order valence-electron chi connectivity index (χ1n) is 11.0. The van der Waals surface area contributed by atoms with Gasteiger partial charge in [-0.1, -0.05) is 59.6 Å². The number of benzene rings is 3. The number of para-hydroxylation sites is 2. The van der Waals surface area contributed by atoms with Gasteiger partial charge in [-0.05, 0) is 54.6 Å². The molecule has 4 aromatic rings. The van der Waals surface area contributed by atoms with E-state index >= 15 is 0 Å². The Labute approximate surface area is 211 Å². The average molecular weight is 505 g/mol. The number of amides is 2. The molecule has 0 spiro atoms. The smallest absolute Gasteiger partial charge is 0.266 e. The topological polar surface area (TPSA) is 63.0 Å². The molecule has 0 aliphatic carbocycles. The van der Waals surface area contributed by atoms with Crippen LogP contribution >= 0.6 is 23.2 Å². The molecule has 1 aromatic heterocycles. The molecule has 2 aliphatic rings. The third-order valence-corrected chi connectivity index (χ3v) is 6.80. The van der Waals surface area contributed by atoms with Crippen molar-refractivity contribution in [2.75, 3.05) is 9.96 Å². The third kappa shape index (κ3) is 3.62. The number of halogens is 2. The third-order valence-electron chi connectivity index (χ3n) is 6.26. The van der Waals surface area contributed by atoms with Gasteiger partial charge in [0.2, 0.25) is 5.91 Å². The van der Waals surface area contributed by atoms with Crippen molar-refractivity contribution in [1.29, 1.82) is 0 Å². The summed E-state index contributed by atoms with van der Waals surface area (Å²) < 4.78 is 6.23. The molecule has 35 heavy (non-hydrogen) atoms. The van der Waals surface area contributed by atoms with Gasteiger partial charge in [-0.15, -0.1) is 0 Å². The maximum Gasteiger partial charge on any atom is 0.266 e. The summed E-state index contributed by atoms with van der Waals surface area (Å²) in [5.74, 6) is -0.518. The van der Waals surface area contributed by atoms with Crippen molar-refractivity contribution >= 4 is 46.4 Å². The fourth-order valence-corrected chi connectivity index (χ4v) is 5.18. The van der Waals surface area contributed by atoms with E-state index in [0.29, 0.717) is 38.5 Å². The minimum absolute atomic E-state index is 0.336. The first-order chi connectivity index (χ1) is 17.0. The van der Waals surface area contributed by atoms with Crippen molar-refractivity contribution in [3.63, 3.8) is 0 Å². The number of carbonyl (C=O) groups is 2. The number of fused-ring (bicyclic) bond motifs is 1. The Morgan fingerprint density at radius 2 is 1.43 bits per heavy atom. The summed E-state index contributed by atoms with van der Waals surface area (Å²) in [7, 11) is 0. The number of furan rings is 1. The molecule has 0 bridgehead atoms. The van der Waals surface area contributed by atoms with Gasteiger partial charge in [0.15, 0.2) is 6.10 Å². The molecule has 2 fully saturated rings. The zero-order chi connectivity index (χ0) is 24.1. The molecular formula is C27H18Cl2N2O4. The van der Waals surface area contributed by atoms with E-state index in [0.717, 1.165) is 0 Å². The molecule has 2 saturated heterocycles. The maximum absolute atomic E-state index is 13.6. The van der Waals surface area contributed by atoms with Crippen LogP contribution in [0, 0.1) is 5.92 Å². The van der Waals surface area contributed by atoms with Crippen molar-refractivity contribution in [2.45, 2.75) is 12.1 Å². The zero-order valence-corrected chi connectivity index (χ0v) is 19.7. The molecule has 3 atom stereocenters. The van der Waals surface area contributed by atoms with Crippen LogP contribution in [0.5, 0.6) is 0 Å². The highest BCUT2D eigenvalue weighted by molar-refractivity contribution is 6.36. The molecule has 2 aliphatic heterocycles. The van der Waals surface area contributed by atoms with Crippen LogP contribution in [-0.2, 0) is 14.4 Å². The number of rotatable bonds is 4. The molecule has 6 nitrogen and oxygen atoms in total. The number of carbonyl (C=O) groups excluding carboxylic acids is 2. The number of hydroxylamine groups is 1. The van der Waals surface area contributed by atoms with Crippen molar-refractivity contribution in [3.05, 3.63) is 107 Å². The molecule has 3 aromatic carbocycles. The second-order valence-electron chi connectivity index (χ2n) is 8.33. The number of nitrogens with zero attached hydrogens (tertiary/aromatic N) is 2. The highest BCUT2D eigenvalue weighted by atomic mass is 35.5. The van der Waals surface area contributed by atoms with Gasteiger partial charge in [0.25, 0.3) is 5.91 Å². The highest BCUT2D eigenvalue weighted by Gasteiger charge is 2.61. The lowest BCUT2D eigenvalue weighted by Crippen LogP contribution is -2.37. The first kappa shape index (κ1) is 21.9. The number of anilines is 2. The molecule has 0 unspecified atom stereocenters. The van der Waals surface area contributed by atoms with Crippen LogP contribution in [-0.4, -0.2) is 17.9 Å².